The third-order valence-electron chi connectivity index (χ3n) is 1.07. The summed E-state index contributed by atoms with van der Waals surface area (Å²) in [5.41, 5.74) is 0. The number of halogens is 1. The quantitative estimate of drug-likeness (QED) is 0.679. The van der Waals surface area contributed by atoms with Crippen molar-refractivity contribution in [2.45, 2.75) is 11.8 Å². The van der Waals surface area contributed by atoms with Crippen LogP contribution >= 0.6 is 27.7 Å². The maximum Gasteiger partial charge on any atom is 0.0186 e. The molecule has 2 heteroatoms. The van der Waals surface area contributed by atoms with E-state index in [1.54, 1.807) is 11.8 Å². The van der Waals surface area contributed by atoms with Crippen LogP contribution in [0.5, 0.6) is 0 Å². The van der Waals surface area contributed by atoms with E-state index in [4.69, 9.17) is 0 Å². The van der Waals surface area contributed by atoms with Gasteiger partial charge in [0.15, 0.2) is 0 Å². The predicted molar refractivity (Wildman–Crippen MR) is 50.0 cm³/mol. The van der Waals surface area contributed by atoms with Gasteiger partial charge >= 0.3 is 0 Å². The lowest BCUT2D eigenvalue weighted by atomic mass is 10.4. The van der Waals surface area contributed by atoms with Gasteiger partial charge in [-0.1, -0.05) is 22.9 Å². The van der Waals surface area contributed by atoms with E-state index in [0.717, 1.165) is 4.47 Å². The van der Waals surface area contributed by atoms with E-state index in [9.17, 15) is 0 Å². The van der Waals surface area contributed by atoms with Gasteiger partial charge in [-0.2, -0.15) is 0 Å². The molecule has 0 bridgehead atoms. The molecule has 0 nitrogen and oxygen atoms in total. The molecule has 1 radical (unpaired) electrons. The summed E-state index contributed by atoms with van der Waals surface area (Å²) in [6, 6.07) is 8.28. The molecule has 1 aromatic rings. The molecule has 0 N–H and O–H groups in total. The standard InChI is InChI=1S/C8H8BrS/c1-2-10-8-5-3-7(9)4-6-8/h2-6H,1H3. The average Bonchev–Trinajstić information content (AvgIpc) is 1.95. The molecule has 53 valence electrons. The van der Waals surface area contributed by atoms with E-state index in [2.05, 4.69) is 33.8 Å². The number of rotatable bonds is 2. The van der Waals surface area contributed by atoms with Crippen molar-refractivity contribution >= 4 is 27.7 Å². The SMILES string of the molecule is C[CH]Sc1ccc(Br)cc1. The van der Waals surface area contributed by atoms with Crippen LogP contribution in [0, 0.1) is 5.75 Å². The molecular formula is C8H8BrS. The lowest BCUT2D eigenvalue weighted by Crippen LogP contribution is -1.67. The summed E-state index contributed by atoms with van der Waals surface area (Å²) in [5, 5.41) is 0. The van der Waals surface area contributed by atoms with Gasteiger partial charge in [-0.3, -0.25) is 0 Å². The van der Waals surface area contributed by atoms with Gasteiger partial charge in [0, 0.05) is 15.1 Å². The highest BCUT2D eigenvalue weighted by Gasteiger charge is 1.89. The Labute approximate surface area is 74.2 Å². The van der Waals surface area contributed by atoms with Crippen molar-refractivity contribution in [1.29, 1.82) is 0 Å². The maximum atomic E-state index is 3.38. The van der Waals surface area contributed by atoms with Crippen LogP contribution in [0.1, 0.15) is 6.92 Å². The Hall–Kier alpha value is 0.0500. The van der Waals surface area contributed by atoms with Crippen LogP contribution in [0.2, 0.25) is 0 Å². The Bertz CT molecular complexity index is 193. The van der Waals surface area contributed by atoms with Crippen LogP contribution in [0.3, 0.4) is 0 Å². The molecule has 1 aromatic carbocycles. The highest BCUT2D eigenvalue weighted by Crippen LogP contribution is 2.21. The Kier molecular flexibility index (Phi) is 3.29. The molecule has 0 aliphatic carbocycles. The van der Waals surface area contributed by atoms with Gasteiger partial charge in [0.25, 0.3) is 0 Å². The summed E-state index contributed by atoms with van der Waals surface area (Å²) in [6.07, 6.45) is 0. The molecule has 0 aliphatic rings. The van der Waals surface area contributed by atoms with Crippen LogP contribution in [0.4, 0.5) is 0 Å². The van der Waals surface area contributed by atoms with Crippen molar-refractivity contribution in [2.24, 2.45) is 0 Å². The van der Waals surface area contributed by atoms with Gasteiger partial charge in [0.1, 0.15) is 0 Å². The molecule has 0 saturated heterocycles. The molecule has 0 heterocycles. The van der Waals surface area contributed by atoms with Crippen LogP contribution in [0.15, 0.2) is 33.6 Å². The first-order valence-corrected chi connectivity index (χ1v) is 4.70. The van der Waals surface area contributed by atoms with Gasteiger partial charge < -0.3 is 0 Å². The fourth-order valence-electron chi connectivity index (χ4n) is 0.649. The van der Waals surface area contributed by atoms with E-state index in [1.165, 1.54) is 4.90 Å². The lowest BCUT2D eigenvalue weighted by Gasteiger charge is -1.95. The van der Waals surface area contributed by atoms with Crippen molar-refractivity contribution in [3.05, 3.63) is 34.5 Å². The molecule has 0 unspecified atom stereocenters. The third-order valence-corrected chi connectivity index (χ3v) is 2.38. The molecule has 10 heavy (non-hydrogen) atoms. The van der Waals surface area contributed by atoms with E-state index >= 15 is 0 Å². The summed E-state index contributed by atoms with van der Waals surface area (Å²) < 4.78 is 1.13. The second-order valence-corrected chi connectivity index (χ2v) is 3.90. The zero-order chi connectivity index (χ0) is 7.40. The molecule has 0 amide bonds. The molecule has 0 spiro atoms. The Morgan fingerprint density at radius 2 is 1.90 bits per heavy atom. The summed E-state index contributed by atoms with van der Waals surface area (Å²) in [4.78, 5) is 1.28. The van der Waals surface area contributed by atoms with Crippen molar-refractivity contribution < 1.29 is 0 Å². The minimum absolute atomic E-state index is 1.13. The second kappa shape index (κ2) is 4.04. The van der Waals surface area contributed by atoms with Gasteiger partial charge in [0.05, 0.1) is 0 Å². The first-order chi connectivity index (χ1) is 4.83. The Morgan fingerprint density at radius 1 is 1.30 bits per heavy atom. The number of benzene rings is 1. The zero-order valence-corrected chi connectivity index (χ0v) is 8.08. The van der Waals surface area contributed by atoms with Crippen molar-refractivity contribution in [3.8, 4) is 0 Å². The average molecular weight is 216 g/mol. The number of hydrogen-bond acceptors (Lipinski definition) is 1. The van der Waals surface area contributed by atoms with Crippen LogP contribution in [-0.4, -0.2) is 0 Å². The van der Waals surface area contributed by atoms with E-state index in [0.29, 0.717) is 0 Å². The van der Waals surface area contributed by atoms with Crippen molar-refractivity contribution in [2.75, 3.05) is 0 Å². The van der Waals surface area contributed by atoms with E-state index in [-0.39, 0.29) is 0 Å². The molecular weight excluding hydrogens is 208 g/mol. The van der Waals surface area contributed by atoms with Crippen molar-refractivity contribution in [3.63, 3.8) is 0 Å². The largest absolute Gasteiger partial charge is 0.122 e. The smallest absolute Gasteiger partial charge is 0.0186 e. The monoisotopic (exact) mass is 215 g/mol. The fourth-order valence-corrected chi connectivity index (χ4v) is 1.48. The van der Waals surface area contributed by atoms with E-state index < -0.39 is 0 Å². The van der Waals surface area contributed by atoms with Crippen LogP contribution in [-0.2, 0) is 0 Å². The van der Waals surface area contributed by atoms with Gasteiger partial charge in [0.2, 0.25) is 0 Å². The summed E-state index contributed by atoms with van der Waals surface area (Å²) in [6.45, 7) is 2.03. The minimum Gasteiger partial charge on any atom is -0.122 e. The second-order valence-electron chi connectivity index (χ2n) is 1.81. The highest BCUT2D eigenvalue weighted by molar-refractivity contribution is 9.10. The Balaban J connectivity index is 2.69. The lowest BCUT2D eigenvalue weighted by molar-refractivity contribution is 1.44. The van der Waals surface area contributed by atoms with Crippen molar-refractivity contribution in [1.82, 2.24) is 0 Å². The van der Waals surface area contributed by atoms with Crippen LogP contribution < -0.4 is 0 Å². The maximum absolute atomic E-state index is 3.38. The summed E-state index contributed by atoms with van der Waals surface area (Å²) >= 11 is 5.12. The number of hydrogen-bond donors (Lipinski definition) is 0. The molecule has 0 fully saturated rings. The van der Waals surface area contributed by atoms with Gasteiger partial charge in [-0.15, -0.1) is 11.8 Å². The zero-order valence-electron chi connectivity index (χ0n) is 5.67. The Morgan fingerprint density at radius 3 is 2.40 bits per heavy atom. The van der Waals surface area contributed by atoms with Gasteiger partial charge in [-0.25, -0.2) is 0 Å². The molecule has 0 aromatic heterocycles. The fraction of sp³-hybridized carbons (Fsp3) is 0.125. The van der Waals surface area contributed by atoms with Crippen LogP contribution in [0.25, 0.3) is 0 Å². The van der Waals surface area contributed by atoms with Gasteiger partial charge in [-0.05, 0) is 24.3 Å². The molecule has 0 saturated carbocycles. The summed E-state index contributed by atoms with van der Waals surface area (Å²) in [7, 11) is 0. The highest BCUT2D eigenvalue weighted by atomic mass is 79.9. The normalized spacial score (nSPS) is 9.80. The third kappa shape index (κ3) is 2.35. The topological polar surface area (TPSA) is 0 Å². The van der Waals surface area contributed by atoms with E-state index in [1.807, 2.05) is 19.1 Å². The predicted octanol–water partition coefficient (Wildman–Crippen LogP) is 3.72. The first-order valence-electron chi connectivity index (χ1n) is 3.03. The number of thioether (sulfide) groups is 1. The molecule has 1 rings (SSSR count). The minimum atomic E-state index is 1.13. The molecule has 0 atom stereocenters. The summed E-state index contributed by atoms with van der Waals surface area (Å²) in [5.74, 6) is 2.07. The first kappa shape index (κ1) is 8.15. The molecule has 0 aliphatic heterocycles.